The smallest absolute Gasteiger partial charge is 0.308 e. The second-order valence-electron chi connectivity index (χ2n) is 4.30. The Hall–Kier alpha value is -2.10. The first-order valence-corrected chi connectivity index (χ1v) is 5.58. The van der Waals surface area contributed by atoms with Crippen molar-refractivity contribution in [3.8, 4) is 11.3 Å². The van der Waals surface area contributed by atoms with Gasteiger partial charge in [0.2, 0.25) is 0 Å². The molecule has 0 saturated heterocycles. The molecule has 1 aliphatic rings. The average molecular weight is 228 g/mol. The Labute approximate surface area is 98.5 Å². The standard InChI is InChI=1S/C13H12N2O2/c16-13(17)10-6-12-14-11(8-15(12)7-10)9-4-2-1-3-5-9/h1-5,8,10H,6-7H2,(H,16,17). The molecule has 17 heavy (non-hydrogen) atoms. The molecule has 0 bridgehead atoms. The summed E-state index contributed by atoms with van der Waals surface area (Å²) < 4.78 is 1.95. The van der Waals surface area contributed by atoms with Crippen LogP contribution in [0.2, 0.25) is 0 Å². The van der Waals surface area contributed by atoms with E-state index in [1.54, 1.807) is 0 Å². The van der Waals surface area contributed by atoms with Crippen LogP contribution in [-0.4, -0.2) is 20.6 Å². The Balaban J connectivity index is 1.90. The Morgan fingerprint density at radius 3 is 2.76 bits per heavy atom. The zero-order valence-electron chi connectivity index (χ0n) is 9.21. The van der Waals surface area contributed by atoms with E-state index < -0.39 is 5.97 Å². The lowest BCUT2D eigenvalue weighted by Gasteiger charge is -2.01. The van der Waals surface area contributed by atoms with Gasteiger partial charge in [0.15, 0.2) is 0 Å². The predicted molar refractivity (Wildman–Crippen MR) is 62.5 cm³/mol. The molecule has 2 aromatic rings. The number of hydrogen-bond acceptors (Lipinski definition) is 2. The molecule has 1 atom stereocenters. The fraction of sp³-hybridized carbons (Fsp3) is 0.231. The third-order valence-corrected chi connectivity index (χ3v) is 3.12. The number of carboxylic acid groups (broad SMARTS) is 1. The number of fused-ring (bicyclic) bond motifs is 1. The minimum Gasteiger partial charge on any atom is -0.481 e. The lowest BCUT2D eigenvalue weighted by Crippen LogP contribution is -2.14. The second kappa shape index (κ2) is 3.73. The molecule has 1 aliphatic heterocycles. The summed E-state index contributed by atoms with van der Waals surface area (Å²) in [6.45, 7) is 0.532. The van der Waals surface area contributed by atoms with Gasteiger partial charge in [0, 0.05) is 24.7 Å². The maximum absolute atomic E-state index is 10.9. The first-order valence-electron chi connectivity index (χ1n) is 5.58. The first kappa shape index (κ1) is 10.1. The van der Waals surface area contributed by atoms with Crippen LogP contribution in [-0.2, 0) is 17.8 Å². The molecular formula is C13H12N2O2. The van der Waals surface area contributed by atoms with Crippen molar-refractivity contribution in [2.75, 3.05) is 0 Å². The summed E-state index contributed by atoms with van der Waals surface area (Å²) in [5.41, 5.74) is 1.99. The van der Waals surface area contributed by atoms with Gasteiger partial charge in [0.05, 0.1) is 11.6 Å². The molecule has 0 radical (unpaired) electrons. The van der Waals surface area contributed by atoms with Crippen LogP contribution in [0.4, 0.5) is 0 Å². The molecule has 0 saturated carbocycles. The van der Waals surface area contributed by atoms with Gasteiger partial charge in [-0.15, -0.1) is 0 Å². The van der Waals surface area contributed by atoms with E-state index in [4.69, 9.17) is 5.11 Å². The van der Waals surface area contributed by atoms with Crippen LogP contribution in [0.5, 0.6) is 0 Å². The maximum Gasteiger partial charge on any atom is 0.308 e. The molecule has 3 rings (SSSR count). The number of aliphatic carboxylic acids is 1. The van der Waals surface area contributed by atoms with E-state index in [1.165, 1.54) is 0 Å². The van der Waals surface area contributed by atoms with E-state index in [-0.39, 0.29) is 5.92 Å². The number of carboxylic acids is 1. The third-order valence-electron chi connectivity index (χ3n) is 3.12. The van der Waals surface area contributed by atoms with E-state index in [0.717, 1.165) is 17.1 Å². The van der Waals surface area contributed by atoms with E-state index in [9.17, 15) is 4.79 Å². The van der Waals surface area contributed by atoms with Gasteiger partial charge in [-0.05, 0) is 0 Å². The normalized spacial score (nSPS) is 18.0. The van der Waals surface area contributed by atoms with Crippen molar-refractivity contribution in [2.45, 2.75) is 13.0 Å². The summed E-state index contributed by atoms with van der Waals surface area (Å²) in [4.78, 5) is 15.4. The van der Waals surface area contributed by atoms with Gasteiger partial charge in [0.1, 0.15) is 5.82 Å². The highest BCUT2D eigenvalue weighted by Gasteiger charge is 2.28. The molecule has 0 amide bonds. The minimum atomic E-state index is -0.739. The van der Waals surface area contributed by atoms with Crippen molar-refractivity contribution in [1.82, 2.24) is 9.55 Å². The highest BCUT2D eigenvalue weighted by Crippen LogP contribution is 2.25. The highest BCUT2D eigenvalue weighted by atomic mass is 16.4. The summed E-state index contributed by atoms with van der Waals surface area (Å²) in [5, 5.41) is 8.95. The fourth-order valence-corrected chi connectivity index (χ4v) is 2.21. The van der Waals surface area contributed by atoms with Crippen LogP contribution in [0, 0.1) is 5.92 Å². The van der Waals surface area contributed by atoms with Crippen LogP contribution in [0.3, 0.4) is 0 Å². The maximum atomic E-state index is 10.9. The van der Waals surface area contributed by atoms with Crippen LogP contribution in [0.1, 0.15) is 5.82 Å². The number of carbonyl (C=O) groups is 1. The number of imidazole rings is 1. The summed E-state index contributed by atoms with van der Waals surface area (Å²) in [6.07, 6.45) is 2.47. The molecule has 1 N–H and O–H groups in total. The van der Waals surface area contributed by atoms with Gasteiger partial charge < -0.3 is 9.67 Å². The molecule has 1 aromatic heterocycles. The van der Waals surface area contributed by atoms with Gasteiger partial charge in [-0.25, -0.2) is 4.98 Å². The molecule has 0 aliphatic carbocycles. The number of rotatable bonds is 2. The Bertz CT molecular complexity index is 537. The number of aromatic nitrogens is 2. The van der Waals surface area contributed by atoms with E-state index in [2.05, 4.69) is 4.98 Å². The number of benzene rings is 1. The van der Waals surface area contributed by atoms with Crippen LogP contribution < -0.4 is 0 Å². The molecule has 2 heterocycles. The van der Waals surface area contributed by atoms with E-state index in [1.807, 2.05) is 41.1 Å². The summed E-state index contributed by atoms with van der Waals surface area (Å²) in [7, 11) is 0. The topological polar surface area (TPSA) is 55.1 Å². The lowest BCUT2D eigenvalue weighted by molar-refractivity contribution is -0.141. The highest BCUT2D eigenvalue weighted by molar-refractivity contribution is 5.71. The van der Waals surface area contributed by atoms with Crippen molar-refractivity contribution in [3.05, 3.63) is 42.4 Å². The average Bonchev–Trinajstić information content (AvgIpc) is 2.87. The molecule has 0 fully saturated rings. The van der Waals surface area contributed by atoms with Gasteiger partial charge in [0.25, 0.3) is 0 Å². The molecular weight excluding hydrogens is 216 g/mol. The first-order chi connectivity index (χ1) is 8.24. The zero-order valence-corrected chi connectivity index (χ0v) is 9.21. The predicted octanol–water partition coefficient (Wildman–Crippen LogP) is 1.81. The molecule has 86 valence electrons. The number of hydrogen-bond donors (Lipinski definition) is 1. The van der Waals surface area contributed by atoms with Crippen LogP contribution in [0.15, 0.2) is 36.5 Å². The van der Waals surface area contributed by atoms with Crippen molar-refractivity contribution in [3.63, 3.8) is 0 Å². The summed E-state index contributed by atoms with van der Waals surface area (Å²) in [5.74, 6) is -0.185. The monoisotopic (exact) mass is 228 g/mol. The Kier molecular flexibility index (Phi) is 2.21. The third kappa shape index (κ3) is 1.71. The second-order valence-corrected chi connectivity index (χ2v) is 4.30. The van der Waals surface area contributed by atoms with E-state index in [0.29, 0.717) is 13.0 Å². The molecule has 1 aromatic carbocycles. The van der Waals surface area contributed by atoms with Crippen molar-refractivity contribution in [2.24, 2.45) is 5.92 Å². The summed E-state index contributed by atoms with van der Waals surface area (Å²) >= 11 is 0. The molecule has 1 unspecified atom stereocenters. The Morgan fingerprint density at radius 2 is 2.12 bits per heavy atom. The van der Waals surface area contributed by atoms with Crippen molar-refractivity contribution in [1.29, 1.82) is 0 Å². The van der Waals surface area contributed by atoms with Crippen LogP contribution >= 0.6 is 0 Å². The largest absolute Gasteiger partial charge is 0.481 e. The quantitative estimate of drug-likeness (QED) is 0.852. The van der Waals surface area contributed by atoms with Crippen LogP contribution in [0.25, 0.3) is 11.3 Å². The SMILES string of the molecule is O=C(O)C1Cc2nc(-c3ccccc3)cn2C1. The van der Waals surface area contributed by atoms with Crippen molar-refractivity contribution >= 4 is 5.97 Å². The van der Waals surface area contributed by atoms with E-state index >= 15 is 0 Å². The van der Waals surface area contributed by atoms with Gasteiger partial charge >= 0.3 is 5.97 Å². The van der Waals surface area contributed by atoms with Gasteiger partial charge in [-0.3, -0.25) is 4.79 Å². The fourth-order valence-electron chi connectivity index (χ4n) is 2.21. The minimum absolute atomic E-state index is 0.317. The Morgan fingerprint density at radius 1 is 1.35 bits per heavy atom. The molecule has 4 nitrogen and oxygen atoms in total. The number of nitrogens with zero attached hydrogens (tertiary/aromatic N) is 2. The van der Waals surface area contributed by atoms with Crippen molar-refractivity contribution < 1.29 is 9.90 Å². The van der Waals surface area contributed by atoms with Gasteiger partial charge in [-0.1, -0.05) is 30.3 Å². The summed E-state index contributed by atoms with van der Waals surface area (Å²) in [6, 6.07) is 9.92. The zero-order chi connectivity index (χ0) is 11.8. The van der Waals surface area contributed by atoms with Gasteiger partial charge in [-0.2, -0.15) is 0 Å². The lowest BCUT2D eigenvalue weighted by atomic mass is 10.1. The molecule has 0 spiro atoms. The molecule has 4 heteroatoms.